The van der Waals surface area contributed by atoms with Gasteiger partial charge in [-0.15, -0.1) is 0 Å². The lowest BCUT2D eigenvalue weighted by atomic mass is 9.94. The minimum atomic E-state index is -1.14. The number of carbonyl (C=O) groups excluding carboxylic acids is 1. The molecule has 2 N–H and O–H groups in total. The van der Waals surface area contributed by atoms with Gasteiger partial charge in [0, 0.05) is 6.04 Å². The minimum Gasteiger partial charge on any atom is -0.481 e. The molecule has 0 bridgehead atoms. The molecule has 7 nitrogen and oxygen atoms in total. The summed E-state index contributed by atoms with van der Waals surface area (Å²) < 4.78 is 5.19. The molecule has 1 aromatic rings. The highest BCUT2D eigenvalue weighted by molar-refractivity contribution is 5.81. The summed E-state index contributed by atoms with van der Waals surface area (Å²) in [5.41, 5.74) is 0.777. The van der Waals surface area contributed by atoms with Crippen LogP contribution < -0.4 is 0 Å². The fourth-order valence-corrected chi connectivity index (χ4v) is 2.79. The zero-order valence-electron chi connectivity index (χ0n) is 12.6. The molecule has 0 radical (unpaired) electrons. The molecular formula is C16H19NO6. The predicted octanol–water partition coefficient (Wildman–Crippen LogP) is 2.11. The van der Waals surface area contributed by atoms with Crippen LogP contribution in [0.2, 0.25) is 0 Å². The van der Waals surface area contributed by atoms with E-state index in [-0.39, 0.29) is 13.0 Å². The highest BCUT2D eigenvalue weighted by Gasteiger charge is 2.40. The van der Waals surface area contributed by atoms with Gasteiger partial charge in [0.25, 0.3) is 0 Å². The summed E-state index contributed by atoms with van der Waals surface area (Å²) in [5.74, 6) is -2.21. The Morgan fingerprint density at radius 2 is 1.83 bits per heavy atom. The van der Waals surface area contributed by atoms with Gasteiger partial charge in [0.05, 0.1) is 6.42 Å². The van der Waals surface area contributed by atoms with E-state index in [4.69, 9.17) is 9.84 Å². The normalized spacial score (nSPS) is 20.8. The van der Waals surface area contributed by atoms with Crippen molar-refractivity contribution in [2.75, 3.05) is 0 Å². The van der Waals surface area contributed by atoms with Crippen LogP contribution in [0.3, 0.4) is 0 Å². The number of ether oxygens (including phenoxy) is 1. The second-order valence-corrected chi connectivity index (χ2v) is 5.48. The van der Waals surface area contributed by atoms with Crippen molar-refractivity contribution in [1.82, 2.24) is 4.90 Å². The topological polar surface area (TPSA) is 104 Å². The number of piperidine rings is 1. The van der Waals surface area contributed by atoms with E-state index in [1.807, 2.05) is 6.07 Å². The third-order valence-corrected chi connectivity index (χ3v) is 3.86. The molecule has 2 atom stereocenters. The van der Waals surface area contributed by atoms with E-state index < -0.39 is 30.1 Å². The molecule has 1 aromatic carbocycles. The number of aliphatic carboxylic acids is 2. The van der Waals surface area contributed by atoms with E-state index in [1.54, 1.807) is 24.3 Å². The fraction of sp³-hybridized carbons (Fsp3) is 0.438. The van der Waals surface area contributed by atoms with E-state index in [2.05, 4.69) is 0 Å². The van der Waals surface area contributed by atoms with Crippen molar-refractivity contribution in [2.45, 2.75) is 44.4 Å². The molecular weight excluding hydrogens is 302 g/mol. The first-order chi connectivity index (χ1) is 11.0. The zero-order chi connectivity index (χ0) is 16.8. The third-order valence-electron chi connectivity index (χ3n) is 3.86. The number of likely N-dealkylation sites (tertiary alicyclic amines) is 1. The Bertz CT molecular complexity index is 573. The highest BCUT2D eigenvalue weighted by Crippen LogP contribution is 2.26. The van der Waals surface area contributed by atoms with Crippen LogP contribution in [0.25, 0.3) is 0 Å². The van der Waals surface area contributed by atoms with Crippen molar-refractivity contribution < 1.29 is 29.3 Å². The molecule has 23 heavy (non-hydrogen) atoms. The molecule has 1 aliphatic rings. The summed E-state index contributed by atoms with van der Waals surface area (Å²) in [4.78, 5) is 35.7. The van der Waals surface area contributed by atoms with Crippen molar-refractivity contribution in [3.05, 3.63) is 35.9 Å². The first kappa shape index (κ1) is 16.8. The van der Waals surface area contributed by atoms with Gasteiger partial charge in [-0.2, -0.15) is 0 Å². The quantitative estimate of drug-likeness (QED) is 0.860. The number of benzene rings is 1. The number of amides is 1. The van der Waals surface area contributed by atoms with Crippen LogP contribution in [0.4, 0.5) is 4.79 Å². The van der Waals surface area contributed by atoms with Gasteiger partial charge in [-0.05, 0) is 24.8 Å². The number of nitrogens with zero attached hydrogens (tertiary/aromatic N) is 1. The van der Waals surface area contributed by atoms with E-state index in [0.29, 0.717) is 19.3 Å². The van der Waals surface area contributed by atoms with Crippen molar-refractivity contribution in [3.8, 4) is 0 Å². The van der Waals surface area contributed by atoms with Crippen molar-refractivity contribution in [1.29, 1.82) is 0 Å². The third kappa shape index (κ3) is 4.45. The van der Waals surface area contributed by atoms with Crippen LogP contribution in [-0.4, -0.2) is 45.2 Å². The van der Waals surface area contributed by atoms with Crippen molar-refractivity contribution >= 4 is 18.0 Å². The van der Waals surface area contributed by atoms with Gasteiger partial charge in [-0.3, -0.25) is 9.69 Å². The molecule has 0 aromatic heterocycles. The summed E-state index contributed by atoms with van der Waals surface area (Å²) in [7, 11) is 0. The summed E-state index contributed by atoms with van der Waals surface area (Å²) in [6.45, 7) is 0.0162. The zero-order valence-corrected chi connectivity index (χ0v) is 12.6. The molecule has 1 fully saturated rings. The Labute approximate surface area is 133 Å². The number of hydrogen-bond donors (Lipinski definition) is 2. The smallest absolute Gasteiger partial charge is 0.411 e. The van der Waals surface area contributed by atoms with Gasteiger partial charge in [0.15, 0.2) is 0 Å². The maximum atomic E-state index is 12.3. The Kier molecular flexibility index (Phi) is 5.56. The predicted molar refractivity (Wildman–Crippen MR) is 79.8 cm³/mol. The standard InChI is InChI=1S/C16H19NO6/c18-14(19)9-12-7-4-8-13(15(20)21)17(12)16(22)23-10-11-5-2-1-3-6-11/h1-3,5-6,12-13H,4,7-10H2,(H,18,19)(H,20,21). The van der Waals surface area contributed by atoms with Crippen molar-refractivity contribution in [3.63, 3.8) is 0 Å². The molecule has 2 rings (SSSR count). The van der Waals surface area contributed by atoms with Gasteiger partial charge in [0.2, 0.25) is 0 Å². The fourth-order valence-electron chi connectivity index (χ4n) is 2.79. The monoisotopic (exact) mass is 321 g/mol. The van der Waals surface area contributed by atoms with E-state index >= 15 is 0 Å². The summed E-state index contributed by atoms with van der Waals surface area (Å²) in [5, 5.41) is 18.3. The number of carboxylic acids is 2. The number of hydrogen-bond acceptors (Lipinski definition) is 4. The summed E-state index contributed by atoms with van der Waals surface area (Å²) >= 11 is 0. The maximum absolute atomic E-state index is 12.3. The SMILES string of the molecule is O=C(O)CC1CCCC(C(=O)O)N1C(=O)OCc1ccccc1. The van der Waals surface area contributed by atoms with E-state index in [0.717, 1.165) is 10.5 Å². The maximum Gasteiger partial charge on any atom is 0.411 e. The van der Waals surface area contributed by atoms with Gasteiger partial charge < -0.3 is 14.9 Å². The van der Waals surface area contributed by atoms with Crippen LogP contribution in [0.1, 0.15) is 31.2 Å². The Morgan fingerprint density at radius 3 is 2.43 bits per heavy atom. The van der Waals surface area contributed by atoms with Gasteiger partial charge in [0.1, 0.15) is 12.6 Å². The highest BCUT2D eigenvalue weighted by atomic mass is 16.6. The lowest BCUT2D eigenvalue weighted by Gasteiger charge is -2.38. The van der Waals surface area contributed by atoms with Gasteiger partial charge in [-0.25, -0.2) is 9.59 Å². The molecule has 0 spiro atoms. The Morgan fingerprint density at radius 1 is 1.13 bits per heavy atom. The van der Waals surface area contributed by atoms with Crippen LogP contribution in [0, 0.1) is 0 Å². The largest absolute Gasteiger partial charge is 0.481 e. The molecule has 0 saturated carbocycles. The number of carbonyl (C=O) groups is 3. The van der Waals surface area contributed by atoms with Crippen LogP contribution in [-0.2, 0) is 20.9 Å². The first-order valence-corrected chi connectivity index (χ1v) is 7.42. The Hall–Kier alpha value is -2.57. The molecule has 1 amide bonds. The number of rotatable bonds is 5. The molecule has 1 aliphatic heterocycles. The average Bonchev–Trinajstić information content (AvgIpc) is 2.52. The second kappa shape index (κ2) is 7.62. The van der Waals surface area contributed by atoms with Gasteiger partial charge in [-0.1, -0.05) is 30.3 Å². The molecule has 2 unspecified atom stereocenters. The summed E-state index contributed by atoms with van der Waals surface area (Å²) in [6, 6.07) is 7.30. The van der Waals surface area contributed by atoms with Crippen molar-refractivity contribution in [2.24, 2.45) is 0 Å². The van der Waals surface area contributed by atoms with Crippen LogP contribution >= 0.6 is 0 Å². The minimum absolute atomic E-state index is 0.0162. The second-order valence-electron chi connectivity index (χ2n) is 5.48. The molecule has 7 heteroatoms. The van der Waals surface area contributed by atoms with E-state index in [1.165, 1.54) is 0 Å². The molecule has 1 saturated heterocycles. The summed E-state index contributed by atoms with van der Waals surface area (Å²) in [6.07, 6.45) is 0.247. The molecule has 124 valence electrons. The number of carboxylic acid groups (broad SMARTS) is 2. The lowest BCUT2D eigenvalue weighted by Crippen LogP contribution is -2.54. The first-order valence-electron chi connectivity index (χ1n) is 7.42. The Balaban J connectivity index is 2.09. The van der Waals surface area contributed by atoms with Crippen LogP contribution in [0.5, 0.6) is 0 Å². The van der Waals surface area contributed by atoms with Crippen LogP contribution in [0.15, 0.2) is 30.3 Å². The van der Waals surface area contributed by atoms with E-state index in [9.17, 15) is 19.5 Å². The average molecular weight is 321 g/mol. The molecule has 0 aliphatic carbocycles. The molecule has 1 heterocycles. The lowest BCUT2D eigenvalue weighted by molar-refractivity contribution is -0.148. The van der Waals surface area contributed by atoms with Gasteiger partial charge >= 0.3 is 18.0 Å².